The molecule has 146 valence electrons. The topological polar surface area (TPSA) is 59.8 Å². The minimum Gasteiger partial charge on any atom is -0.456 e. The summed E-state index contributed by atoms with van der Waals surface area (Å²) in [5.74, 6) is 0.0981. The van der Waals surface area contributed by atoms with E-state index < -0.39 is 0 Å². The third-order valence-corrected chi connectivity index (χ3v) is 5.65. The molecule has 0 radical (unpaired) electrons. The van der Waals surface area contributed by atoms with E-state index in [4.69, 9.17) is 9.15 Å². The summed E-state index contributed by atoms with van der Waals surface area (Å²) in [6, 6.07) is 17.3. The van der Waals surface area contributed by atoms with Crippen LogP contribution in [-0.4, -0.2) is 37.1 Å². The van der Waals surface area contributed by atoms with Crippen LogP contribution in [0.1, 0.15) is 12.0 Å². The Labute approximate surface area is 167 Å². The third kappa shape index (κ3) is 3.17. The summed E-state index contributed by atoms with van der Waals surface area (Å²) in [6.07, 6.45) is 0.876. The minimum absolute atomic E-state index is 0.0347. The van der Waals surface area contributed by atoms with E-state index in [1.165, 1.54) is 0 Å². The van der Waals surface area contributed by atoms with Gasteiger partial charge in [-0.15, -0.1) is 0 Å². The Morgan fingerprint density at radius 2 is 1.69 bits per heavy atom. The van der Waals surface area contributed by atoms with Crippen LogP contribution >= 0.6 is 0 Å². The summed E-state index contributed by atoms with van der Waals surface area (Å²) < 4.78 is 11.4. The molecule has 0 bridgehead atoms. The summed E-state index contributed by atoms with van der Waals surface area (Å²) in [7, 11) is 0. The molecule has 29 heavy (non-hydrogen) atoms. The molecule has 1 aliphatic heterocycles. The first-order valence-corrected chi connectivity index (χ1v) is 9.94. The van der Waals surface area contributed by atoms with Crippen molar-refractivity contribution in [3.05, 3.63) is 70.4 Å². The predicted octanol–water partition coefficient (Wildman–Crippen LogP) is 3.89. The molecule has 0 spiro atoms. The smallest absolute Gasteiger partial charge is 0.223 e. The van der Waals surface area contributed by atoms with Gasteiger partial charge < -0.3 is 14.1 Å². The molecule has 1 saturated heterocycles. The molecule has 0 atom stereocenters. The number of morpholine rings is 1. The van der Waals surface area contributed by atoms with Gasteiger partial charge in [0.25, 0.3) is 0 Å². The lowest BCUT2D eigenvalue weighted by atomic mass is 9.99. The first-order valence-electron chi connectivity index (χ1n) is 9.94. The zero-order valence-electron chi connectivity index (χ0n) is 16.0. The number of hydrogen-bond donors (Lipinski definition) is 0. The number of fused-ring (bicyclic) bond motifs is 4. The number of carbonyl (C=O) groups is 1. The molecule has 1 aromatic heterocycles. The Morgan fingerprint density at radius 3 is 2.55 bits per heavy atom. The Kier molecular flexibility index (Phi) is 4.52. The maximum atomic E-state index is 13.5. The number of nitrogens with zero attached hydrogens (tertiary/aromatic N) is 1. The molecule has 1 amide bonds. The molecule has 0 aliphatic carbocycles. The highest BCUT2D eigenvalue weighted by Gasteiger charge is 2.18. The second kappa shape index (κ2) is 7.33. The number of aryl methyl sites for hydroxylation is 1. The fourth-order valence-electron chi connectivity index (χ4n) is 4.15. The summed E-state index contributed by atoms with van der Waals surface area (Å²) in [5.41, 5.74) is 1.97. The van der Waals surface area contributed by atoms with E-state index in [0.717, 1.165) is 16.3 Å². The van der Waals surface area contributed by atoms with Gasteiger partial charge in [0.05, 0.1) is 24.0 Å². The lowest BCUT2D eigenvalue weighted by Gasteiger charge is -2.26. The highest BCUT2D eigenvalue weighted by Crippen LogP contribution is 2.27. The first kappa shape index (κ1) is 17.9. The SMILES string of the molecule is O=C(CCc1cccc2oc3ccc4ccccc4c3c(=O)c12)N1CCOCC1. The van der Waals surface area contributed by atoms with Crippen LogP contribution in [0.15, 0.2) is 63.8 Å². The molecule has 0 saturated carbocycles. The van der Waals surface area contributed by atoms with Gasteiger partial charge in [0.15, 0.2) is 0 Å². The van der Waals surface area contributed by atoms with Crippen LogP contribution in [0.4, 0.5) is 0 Å². The second-order valence-electron chi connectivity index (χ2n) is 7.37. The Morgan fingerprint density at radius 1 is 0.897 bits per heavy atom. The van der Waals surface area contributed by atoms with Gasteiger partial charge in [-0.05, 0) is 34.9 Å². The van der Waals surface area contributed by atoms with Gasteiger partial charge >= 0.3 is 0 Å². The van der Waals surface area contributed by atoms with Crippen molar-refractivity contribution in [2.24, 2.45) is 0 Å². The summed E-state index contributed by atoms with van der Waals surface area (Å²) in [6.45, 7) is 2.44. The molecule has 5 heteroatoms. The van der Waals surface area contributed by atoms with Crippen molar-refractivity contribution in [2.75, 3.05) is 26.3 Å². The average molecular weight is 387 g/mol. The van der Waals surface area contributed by atoms with Gasteiger partial charge in [-0.3, -0.25) is 9.59 Å². The van der Waals surface area contributed by atoms with Gasteiger partial charge in [-0.25, -0.2) is 0 Å². The van der Waals surface area contributed by atoms with Crippen molar-refractivity contribution >= 4 is 38.6 Å². The zero-order valence-corrected chi connectivity index (χ0v) is 16.0. The quantitative estimate of drug-likeness (QED) is 0.395. The summed E-state index contributed by atoms with van der Waals surface area (Å²) >= 11 is 0. The minimum atomic E-state index is -0.0347. The van der Waals surface area contributed by atoms with Crippen molar-refractivity contribution in [3.8, 4) is 0 Å². The molecule has 4 aromatic rings. The van der Waals surface area contributed by atoms with Crippen LogP contribution in [0.25, 0.3) is 32.7 Å². The summed E-state index contributed by atoms with van der Waals surface area (Å²) in [5, 5.41) is 3.07. The molecule has 1 fully saturated rings. The van der Waals surface area contributed by atoms with Crippen LogP contribution in [0.5, 0.6) is 0 Å². The number of amides is 1. The fraction of sp³-hybridized carbons (Fsp3) is 0.250. The van der Waals surface area contributed by atoms with Crippen LogP contribution in [0.2, 0.25) is 0 Å². The second-order valence-corrected chi connectivity index (χ2v) is 7.37. The molecule has 5 rings (SSSR count). The number of benzene rings is 3. The molecule has 1 aliphatic rings. The van der Waals surface area contributed by atoms with Crippen molar-refractivity contribution in [3.63, 3.8) is 0 Å². The lowest BCUT2D eigenvalue weighted by molar-refractivity contribution is -0.135. The molecule has 5 nitrogen and oxygen atoms in total. The highest BCUT2D eigenvalue weighted by molar-refractivity contribution is 6.08. The van der Waals surface area contributed by atoms with Crippen LogP contribution in [0.3, 0.4) is 0 Å². The van der Waals surface area contributed by atoms with Crippen LogP contribution < -0.4 is 5.43 Å². The maximum absolute atomic E-state index is 13.5. The van der Waals surface area contributed by atoms with Gasteiger partial charge in [-0.1, -0.05) is 42.5 Å². The van der Waals surface area contributed by atoms with Crippen molar-refractivity contribution in [2.45, 2.75) is 12.8 Å². The molecular formula is C24H21NO4. The van der Waals surface area contributed by atoms with E-state index in [9.17, 15) is 9.59 Å². The monoisotopic (exact) mass is 387 g/mol. The number of carbonyl (C=O) groups excluding carboxylic acids is 1. The summed E-state index contributed by atoms with van der Waals surface area (Å²) in [4.78, 5) is 27.9. The lowest BCUT2D eigenvalue weighted by Crippen LogP contribution is -2.40. The van der Waals surface area contributed by atoms with Gasteiger partial charge in [-0.2, -0.15) is 0 Å². The third-order valence-electron chi connectivity index (χ3n) is 5.65. The van der Waals surface area contributed by atoms with Crippen LogP contribution in [0, 0.1) is 0 Å². The first-order chi connectivity index (χ1) is 14.2. The van der Waals surface area contributed by atoms with E-state index in [2.05, 4.69) is 0 Å². The largest absolute Gasteiger partial charge is 0.456 e. The predicted molar refractivity (Wildman–Crippen MR) is 113 cm³/mol. The van der Waals surface area contributed by atoms with Gasteiger partial charge in [0.1, 0.15) is 11.2 Å². The normalized spacial score (nSPS) is 14.7. The number of ether oxygens (including phenoxy) is 1. The van der Waals surface area contributed by atoms with Crippen molar-refractivity contribution in [1.82, 2.24) is 4.90 Å². The fourth-order valence-corrected chi connectivity index (χ4v) is 4.15. The van der Waals surface area contributed by atoms with E-state index in [1.54, 1.807) is 0 Å². The Balaban J connectivity index is 1.59. The van der Waals surface area contributed by atoms with Gasteiger partial charge in [0, 0.05) is 19.5 Å². The van der Waals surface area contributed by atoms with E-state index >= 15 is 0 Å². The molecule has 0 N–H and O–H groups in total. The zero-order chi connectivity index (χ0) is 19.8. The highest BCUT2D eigenvalue weighted by atomic mass is 16.5. The number of rotatable bonds is 3. The van der Waals surface area contributed by atoms with Gasteiger partial charge in [0.2, 0.25) is 11.3 Å². The Bertz CT molecular complexity index is 1280. The Hall–Kier alpha value is -3.18. The molecule has 0 unspecified atom stereocenters. The number of hydrogen-bond acceptors (Lipinski definition) is 4. The van der Waals surface area contributed by atoms with Crippen LogP contribution in [-0.2, 0) is 16.0 Å². The van der Waals surface area contributed by atoms with E-state index in [-0.39, 0.29) is 11.3 Å². The average Bonchev–Trinajstić information content (AvgIpc) is 2.77. The molecular weight excluding hydrogens is 366 g/mol. The van der Waals surface area contributed by atoms with Crippen molar-refractivity contribution in [1.29, 1.82) is 0 Å². The van der Waals surface area contributed by atoms with Crippen molar-refractivity contribution < 1.29 is 13.9 Å². The maximum Gasteiger partial charge on any atom is 0.223 e. The molecule has 2 heterocycles. The molecule has 3 aromatic carbocycles. The van der Waals surface area contributed by atoms with E-state index in [0.29, 0.717) is 61.1 Å². The van der Waals surface area contributed by atoms with E-state index in [1.807, 2.05) is 59.5 Å². The standard InChI is InChI=1S/C24H21NO4/c26-21(25-12-14-28-15-13-25)11-9-17-5-3-7-19-22(17)24(27)23-18-6-2-1-4-16(18)8-10-20(23)29-19/h1-8,10H,9,11-15H2.